The van der Waals surface area contributed by atoms with Crippen molar-refractivity contribution in [3.63, 3.8) is 0 Å². The molecule has 4 rings (SSSR count). The SMILES string of the molecule is CCOc1cc(C=C2C(=O)NC(=O)N(c3ccc(Cl)cc3)C2=O)cc(Cl)c1OCc1ccccc1F. The van der Waals surface area contributed by atoms with Gasteiger partial charge in [0.1, 0.15) is 18.0 Å². The number of hydrogen-bond donors (Lipinski definition) is 1. The Balaban J connectivity index is 1.66. The second-order valence-electron chi connectivity index (χ2n) is 7.58. The van der Waals surface area contributed by atoms with Gasteiger partial charge in [0, 0.05) is 10.6 Å². The fourth-order valence-corrected chi connectivity index (χ4v) is 3.89. The first kappa shape index (κ1) is 25.2. The van der Waals surface area contributed by atoms with Gasteiger partial charge in [0.25, 0.3) is 11.8 Å². The predicted molar refractivity (Wildman–Crippen MR) is 134 cm³/mol. The molecule has 0 spiro atoms. The molecular weight excluding hydrogens is 510 g/mol. The molecule has 1 aliphatic heterocycles. The summed E-state index contributed by atoms with van der Waals surface area (Å²) in [6.45, 7) is 1.93. The van der Waals surface area contributed by atoms with E-state index in [0.29, 0.717) is 16.1 Å². The first-order valence-electron chi connectivity index (χ1n) is 10.8. The van der Waals surface area contributed by atoms with Crippen LogP contribution in [0.15, 0.2) is 66.2 Å². The van der Waals surface area contributed by atoms with E-state index in [1.165, 1.54) is 48.5 Å². The van der Waals surface area contributed by atoms with Crippen LogP contribution >= 0.6 is 23.2 Å². The molecule has 1 saturated heterocycles. The largest absolute Gasteiger partial charge is 0.490 e. The zero-order chi connectivity index (χ0) is 25.8. The highest BCUT2D eigenvalue weighted by atomic mass is 35.5. The van der Waals surface area contributed by atoms with Crippen LogP contribution in [0.1, 0.15) is 18.1 Å². The number of nitrogens with one attached hydrogen (secondary N) is 1. The Morgan fingerprint density at radius 2 is 1.72 bits per heavy atom. The van der Waals surface area contributed by atoms with E-state index in [0.717, 1.165) is 4.90 Å². The van der Waals surface area contributed by atoms with Crippen molar-refractivity contribution in [1.82, 2.24) is 5.32 Å². The number of hydrogen-bond acceptors (Lipinski definition) is 5. The molecule has 0 atom stereocenters. The first-order chi connectivity index (χ1) is 17.3. The Morgan fingerprint density at radius 1 is 1.00 bits per heavy atom. The molecule has 7 nitrogen and oxygen atoms in total. The van der Waals surface area contributed by atoms with E-state index in [9.17, 15) is 18.8 Å². The molecule has 1 N–H and O–H groups in total. The molecule has 0 aromatic heterocycles. The maximum absolute atomic E-state index is 14.0. The summed E-state index contributed by atoms with van der Waals surface area (Å²) in [7, 11) is 0. The molecule has 0 aliphatic carbocycles. The Labute approximate surface area is 216 Å². The average Bonchev–Trinajstić information content (AvgIpc) is 2.83. The number of carbonyl (C=O) groups is 3. The molecular formula is C26H19Cl2FN2O5. The van der Waals surface area contributed by atoms with E-state index in [-0.39, 0.29) is 41.0 Å². The third-order valence-electron chi connectivity index (χ3n) is 5.16. The number of urea groups is 1. The van der Waals surface area contributed by atoms with Crippen LogP contribution in [0.4, 0.5) is 14.9 Å². The Hall–Kier alpha value is -3.88. The minimum atomic E-state index is -0.880. The van der Waals surface area contributed by atoms with Gasteiger partial charge in [-0.15, -0.1) is 0 Å². The van der Waals surface area contributed by atoms with Gasteiger partial charge in [0.2, 0.25) is 0 Å². The van der Waals surface area contributed by atoms with Gasteiger partial charge in [-0.05, 0) is 61.0 Å². The number of carbonyl (C=O) groups excluding carboxylic acids is 3. The van der Waals surface area contributed by atoms with Crippen LogP contribution in [-0.4, -0.2) is 24.5 Å². The minimum Gasteiger partial charge on any atom is -0.490 e. The fourth-order valence-electron chi connectivity index (χ4n) is 3.49. The van der Waals surface area contributed by atoms with Crippen molar-refractivity contribution in [1.29, 1.82) is 0 Å². The maximum atomic E-state index is 14.0. The number of rotatable bonds is 7. The second-order valence-corrected chi connectivity index (χ2v) is 8.42. The summed E-state index contributed by atoms with van der Waals surface area (Å²) in [6, 6.07) is 14.3. The van der Waals surface area contributed by atoms with Crippen molar-refractivity contribution in [2.75, 3.05) is 11.5 Å². The van der Waals surface area contributed by atoms with Crippen LogP contribution in [0.25, 0.3) is 6.08 Å². The molecule has 36 heavy (non-hydrogen) atoms. The lowest BCUT2D eigenvalue weighted by atomic mass is 10.1. The van der Waals surface area contributed by atoms with Crippen molar-refractivity contribution in [3.05, 3.63) is 93.2 Å². The van der Waals surface area contributed by atoms with Crippen molar-refractivity contribution >= 4 is 52.8 Å². The van der Waals surface area contributed by atoms with Crippen LogP contribution in [0, 0.1) is 5.82 Å². The van der Waals surface area contributed by atoms with Gasteiger partial charge in [-0.3, -0.25) is 14.9 Å². The topological polar surface area (TPSA) is 84.9 Å². The fraction of sp³-hybridized carbons (Fsp3) is 0.115. The molecule has 3 aromatic carbocycles. The van der Waals surface area contributed by atoms with E-state index in [4.69, 9.17) is 32.7 Å². The summed E-state index contributed by atoms with van der Waals surface area (Å²) in [4.78, 5) is 38.8. The monoisotopic (exact) mass is 528 g/mol. The number of anilines is 1. The number of halogens is 3. The number of amides is 4. The van der Waals surface area contributed by atoms with Gasteiger partial charge in [-0.1, -0.05) is 41.4 Å². The molecule has 3 aromatic rings. The van der Waals surface area contributed by atoms with E-state index < -0.39 is 23.7 Å². The molecule has 0 unspecified atom stereocenters. The summed E-state index contributed by atoms with van der Waals surface area (Å²) in [5.74, 6) is -1.68. The lowest BCUT2D eigenvalue weighted by molar-refractivity contribution is -0.122. The third-order valence-corrected chi connectivity index (χ3v) is 5.69. The lowest BCUT2D eigenvalue weighted by Gasteiger charge is -2.26. The van der Waals surface area contributed by atoms with Gasteiger partial charge in [0.15, 0.2) is 11.5 Å². The van der Waals surface area contributed by atoms with Crippen LogP contribution in [0.5, 0.6) is 11.5 Å². The minimum absolute atomic E-state index is 0.0913. The first-order valence-corrected chi connectivity index (χ1v) is 11.5. The van der Waals surface area contributed by atoms with E-state index in [1.807, 2.05) is 0 Å². The zero-order valence-corrected chi connectivity index (χ0v) is 20.4. The van der Waals surface area contributed by atoms with Gasteiger partial charge in [-0.2, -0.15) is 0 Å². The molecule has 1 fully saturated rings. The number of barbiturate groups is 1. The quantitative estimate of drug-likeness (QED) is 0.310. The van der Waals surface area contributed by atoms with Crippen molar-refractivity contribution in [3.8, 4) is 11.5 Å². The average molecular weight is 529 g/mol. The van der Waals surface area contributed by atoms with Gasteiger partial charge in [-0.25, -0.2) is 14.1 Å². The predicted octanol–water partition coefficient (Wildman–Crippen LogP) is 5.78. The highest BCUT2D eigenvalue weighted by Crippen LogP contribution is 2.38. The lowest BCUT2D eigenvalue weighted by Crippen LogP contribution is -2.54. The molecule has 0 radical (unpaired) electrons. The molecule has 4 amide bonds. The molecule has 1 heterocycles. The summed E-state index contributed by atoms with van der Waals surface area (Å²) >= 11 is 12.3. The van der Waals surface area contributed by atoms with Crippen LogP contribution in [-0.2, 0) is 16.2 Å². The number of benzene rings is 3. The molecule has 0 saturated carbocycles. The van der Waals surface area contributed by atoms with Crippen molar-refractivity contribution < 1.29 is 28.2 Å². The third kappa shape index (κ3) is 5.35. The molecule has 0 bridgehead atoms. The van der Waals surface area contributed by atoms with Gasteiger partial charge < -0.3 is 9.47 Å². The number of imide groups is 2. The standard InChI is InChI=1S/C26H19Cl2FN2O5/c1-2-35-22-13-15(12-20(28)23(22)36-14-16-5-3-4-6-21(16)29)11-19-24(32)30-26(34)31(25(19)33)18-9-7-17(27)8-10-18/h3-13H,2,14H2,1H3,(H,30,32,34). The van der Waals surface area contributed by atoms with Crippen LogP contribution in [0.2, 0.25) is 10.0 Å². The Bertz CT molecular complexity index is 1380. The number of nitrogens with zero attached hydrogens (tertiary/aromatic N) is 1. The number of ether oxygens (including phenoxy) is 2. The van der Waals surface area contributed by atoms with Crippen LogP contribution < -0.4 is 19.7 Å². The second kappa shape index (κ2) is 10.8. The Morgan fingerprint density at radius 3 is 2.42 bits per heavy atom. The van der Waals surface area contributed by atoms with E-state index in [2.05, 4.69) is 5.32 Å². The Kier molecular flexibility index (Phi) is 7.57. The normalized spacial score (nSPS) is 14.7. The smallest absolute Gasteiger partial charge is 0.335 e. The highest BCUT2D eigenvalue weighted by Gasteiger charge is 2.36. The maximum Gasteiger partial charge on any atom is 0.335 e. The summed E-state index contributed by atoms with van der Waals surface area (Å²) in [5.41, 5.74) is 0.637. The summed E-state index contributed by atoms with van der Waals surface area (Å²) in [5, 5.41) is 2.70. The van der Waals surface area contributed by atoms with Gasteiger partial charge in [0.05, 0.1) is 17.3 Å². The highest BCUT2D eigenvalue weighted by molar-refractivity contribution is 6.39. The zero-order valence-electron chi connectivity index (χ0n) is 18.9. The van der Waals surface area contributed by atoms with Gasteiger partial charge >= 0.3 is 6.03 Å². The molecule has 10 heteroatoms. The van der Waals surface area contributed by atoms with Crippen LogP contribution in [0.3, 0.4) is 0 Å². The molecule has 1 aliphatic rings. The summed E-state index contributed by atoms with van der Waals surface area (Å²) < 4.78 is 25.4. The van der Waals surface area contributed by atoms with E-state index in [1.54, 1.807) is 25.1 Å². The molecule has 184 valence electrons. The van der Waals surface area contributed by atoms with Crippen molar-refractivity contribution in [2.24, 2.45) is 0 Å². The van der Waals surface area contributed by atoms with Crippen molar-refractivity contribution in [2.45, 2.75) is 13.5 Å². The van der Waals surface area contributed by atoms with E-state index >= 15 is 0 Å². The summed E-state index contributed by atoms with van der Waals surface area (Å²) in [6.07, 6.45) is 1.29.